The number of benzene rings is 2. The van der Waals surface area contributed by atoms with Crippen LogP contribution < -0.4 is 19.7 Å². The van der Waals surface area contributed by atoms with Crippen LogP contribution >= 0.6 is 0 Å². The standard InChI is InChI=1S/C21H25F2N3O3/c1-3-25-10-12-26(13-11-25)17-7-5-4-6-16(17)24-20(27)15-8-9-18(28-2)19(14-15)29-21(22)23/h4-9,14,21H,3,10-13H2,1-2H3,(H,24,27). The minimum Gasteiger partial charge on any atom is -0.493 e. The van der Waals surface area contributed by atoms with Crippen LogP contribution in [0.3, 0.4) is 0 Å². The third-order valence-electron chi connectivity index (χ3n) is 4.95. The zero-order valence-electron chi connectivity index (χ0n) is 16.5. The summed E-state index contributed by atoms with van der Waals surface area (Å²) in [5.41, 5.74) is 1.82. The second kappa shape index (κ2) is 9.56. The number of methoxy groups -OCH3 is 1. The van der Waals surface area contributed by atoms with Crippen LogP contribution in [0.1, 0.15) is 17.3 Å². The molecule has 156 valence electrons. The normalized spacial score (nSPS) is 14.7. The molecule has 29 heavy (non-hydrogen) atoms. The van der Waals surface area contributed by atoms with Crippen LogP contribution in [0.2, 0.25) is 0 Å². The molecular formula is C21H25F2N3O3. The second-order valence-corrected chi connectivity index (χ2v) is 6.64. The summed E-state index contributed by atoms with van der Waals surface area (Å²) >= 11 is 0. The quantitative estimate of drug-likeness (QED) is 0.762. The highest BCUT2D eigenvalue weighted by atomic mass is 19.3. The van der Waals surface area contributed by atoms with Gasteiger partial charge >= 0.3 is 6.61 Å². The summed E-state index contributed by atoms with van der Waals surface area (Å²) in [7, 11) is 1.35. The van der Waals surface area contributed by atoms with E-state index in [1.165, 1.54) is 25.3 Å². The van der Waals surface area contributed by atoms with Crippen LogP contribution in [0.15, 0.2) is 42.5 Å². The Morgan fingerprint density at radius 2 is 1.83 bits per heavy atom. The van der Waals surface area contributed by atoms with Gasteiger partial charge in [-0.15, -0.1) is 0 Å². The van der Waals surface area contributed by atoms with Crippen LogP contribution in [0.4, 0.5) is 20.2 Å². The van der Waals surface area contributed by atoms with Crippen LogP contribution in [0.25, 0.3) is 0 Å². The maximum atomic E-state index is 12.8. The number of nitrogens with one attached hydrogen (secondary N) is 1. The second-order valence-electron chi connectivity index (χ2n) is 6.64. The SMILES string of the molecule is CCN1CCN(c2ccccc2NC(=O)c2ccc(OC)c(OC(F)F)c2)CC1. The van der Waals surface area contributed by atoms with Gasteiger partial charge in [-0.3, -0.25) is 4.79 Å². The van der Waals surface area contributed by atoms with Crippen molar-refractivity contribution in [3.8, 4) is 11.5 Å². The molecule has 3 rings (SSSR count). The molecule has 1 aliphatic rings. The number of likely N-dealkylation sites (N-methyl/N-ethyl adjacent to an activating group) is 1. The van der Waals surface area contributed by atoms with Crippen molar-refractivity contribution in [2.75, 3.05) is 50.1 Å². The van der Waals surface area contributed by atoms with E-state index in [0.717, 1.165) is 38.4 Å². The molecule has 0 aromatic heterocycles. The van der Waals surface area contributed by atoms with E-state index in [4.69, 9.17) is 4.74 Å². The number of halogens is 2. The van der Waals surface area contributed by atoms with Gasteiger partial charge in [0.05, 0.1) is 18.5 Å². The molecule has 0 atom stereocenters. The number of alkyl halides is 2. The highest BCUT2D eigenvalue weighted by Crippen LogP contribution is 2.31. The highest BCUT2D eigenvalue weighted by molar-refractivity contribution is 6.06. The van der Waals surface area contributed by atoms with Gasteiger partial charge in [0.25, 0.3) is 5.91 Å². The van der Waals surface area contributed by atoms with Crippen LogP contribution in [-0.2, 0) is 0 Å². The summed E-state index contributed by atoms with van der Waals surface area (Å²) in [6.45, 7) is 3.82. The Labute approximate surface area is 169 Å². The Morgan fingerprint density at radius 3 is 2.48 bits per heavy atom. The Hall–Kier alpha value is -2.87. The zero-order valence-corrected chi connectivity index (χ0v) is 16.5. The van der Waals surface area contributed by atoms with Crippen molar-refractivity contribution in [3.05, 3.63) is 48.0 Å². The third-order valence-corrected chi connectivity index (χ3v) is 4.95. The minimum absolute atomic E-state index is 0.135. The monoisotopic (exact) mass is 405 g/mol. The fourth-order valence-electron chi connectivity index (χ4n) is 3.36. The van der Waals surface area contributed by atoms with E-state index in [1.54, 1.807) is 0 Å². The van der Waals surface area contributed by atoms with E-state index >= 15 is 0 Å². The summed E-state index contributed by atoms with van der Waals surface area (Å²) in [6, 6.07) is 11.8. The van der Waals surface area contributed by atoms with Gasteiger partial charge in [0.1, 0.15) is 0 Å². The molecule has 0 spiro atoms. The Balaban J connectivity index is 1.78. The lowest BCUT2D eigenvalue weighted by molar-refractivity contribution is -0.0512. The summed E-state index contributed by atoms with van der Waals surface area (Å²) < 4.78 is 34.8. The van der Waals surface area contributed by atoms with E-state index < -0.39 is 12.5 Å². The molecule has 6 nitrogen and oxygen atoms in total. The number of rotatable bonds is 7. The van der Waals surface area contributed by atoms with Gasteiger partial charge in [-0.2, -0.15) is 8.78 Å². The molecule has 0 radical (unpaired) electrons. The molecule has 1 heterocycles. The van der Waals surface area contributed by atoms with Crippen molar-refractivity contribution in [2.45, 2.75) is 13.5 Å². The fraction of sp³-hybridized carbons (Fsp3) is 0.381. The van der Waals surface area contributed by atoms with Crippen LogP contribution in [-0.4, -0.2) is 57.3 Å². The molecule has 0 aliphatic carbocycles. The Kier molecular flexibility index (Phi) is 6.87. The van der Waals surface area contributed by atoms with Crippen LogP contribution in [0.5, 0.6) is 11.5 Å². The number of nitrogens with zero attached hydrogens (tertiary/aromatic N) is 2. The zero-order chi connectivity index (χ0) is 20.8. The molecule has 2 aromatic carbocycles. The smallest absolute Gasteiger partial charge is 0.387 e. The Bertz CT molecular complexity index is 840. The number of carbonyl (C=O) groups excluding carboxylic acids is 1. The maximum absolute atomic E-state index is 12.8. The van der Waals surface area contributed by atoms with E-state index in [1.807, 2.05) is 24.3 Å². The largest absolute Gasteiger partial charge is 0.493 e. The lowest BCUT2D eigenvalue weighted by Crippen LogP contribution is -2.46. The number of para-hydroxylation sites is 2. The molecule has 8 heteroatoms. The van der Waals surface area contributed by atoms with E-state index in [0.29, 0.717) is 5.69 Å². The van der Waals surface area contributed by atoms with Gasteiger partial charge in [0, 0.05) is 31.7 Å². The van der Waals surface area contributed by atoms with Crippen LogP contribution in [0, 0.1) is 0 Å². The lowest BCUT2D eigenvalue weighted by Gasteiger charge is -2.36. The first kappa shape index (κ1) is 20.9. The Morgan fingerprint density at radius 1 is 1.10 bits per heavy atom. The number of ether oxygens (including phenoxy) is 2. The van der Waals surface area contributed by atoms with Gasteiger partial charge < -0.3 is 24.6 Å². The molecule has 1 amide bonds. The molecule has 1 aliphatic heterocycles. The lowest BCUT2D eigenvalue weighted by atomic mass is 10.1. The van der Waals surface area contributed by atoms with Gasteiger partial charge in [-0.25, -0.2) is 0 Å². The van der Waals surface area contributed by atoms with Crippen molar-refractivity contribution in [1.82, 2.24) is 4.90 Å². The third kappa shape index (κ3) is 5.14. The summed E-state index contributed by atoms with van der Waals surface area (Å²) in [4.78, 5) is 17.4. The van der Waals surface area contributed by atoms with E-state index in [2.05, 4.69) is 26.8 Å². The highest BCUT2D eigenvalue weighted by Gasteiger charge is 2.20. The van der Waals surface area contributed by atoms with E-state index in [-0.39, 0.29) is 17.1 Å². The van der Waals surface area contributed by atoms with Crippen molar-refractivity contribution >= 4 is 17.3 Å². The summed E-state index contributed by atoms with van der Waals surface area (Å²) in [5, 5.41) is 2.89. The van der Waals surface area contributed by atoms with Crippen molar-refractivity contribution in [3.63, 3.8) is 0 Å². The van der Waals surface area contributed by atoms with E-state index in [9.17, 15) is 13.6 Å². The van der Waals surface area contributed by atoms with Crippen molar-refractivity contribution in [1.29, 1.82) is 0 Å². The molecule has 1 N–H and O–H groups in total. The summed E-state index contributed by atoms with van der Waals surface area (Å²) in [6.07, 6.45) is 0. The first-order valence-corrected chi connectivity index (χ1v) is 9.52. The number of anilines is 2. The number of amides is 1. The summed E-state index contributed by atoms with van der Waals surface area (Å²) in [5.74, 6) is -0.457. The van der Waals surface area contributed by atoms with Gasteiger partial charge in [0.15, 0.2) is 11.5 Å². The molecule has 1 saturated heterocycles. The molecule has 2 aromatic rings. The number of carbonyl (C=O) groups is 1. The average Bonchev–Trinajstić information content (AvgIpc) is 2.73. The minimum atomic E-state index is -3.01. The first-order chi connectivity index (χ1) is 14.0. The average molecular weight is 405 g/mol. The molecule has 0 saturated carbocycles. The molecule has 0 bridgehead atoms. The molecule has 1 fully saturated rings. The van der Waals surface area contributed by atoms with Gasteiger partial charge in [0.2, 0.25) is 0 Å². The number of hydrogen-bond donors (Lipinski definition) is 1. The first-order valence-electron chi connectivity index (χ1n) is 9.52. The maximum Gasteiger partial charge on any atom is 0.387 e. The topological polar surface area (TPSA) is 54.0 Å². The van der Waals surface area contributed by atoms with Crippen molar-refractivity contribution < 1.29 is 23.0 Å². The molecular weight excluding hydrogens is 380 g/mol. The predicted molar refractivity (Wildman–Crippen MR) is 108 cm³/mol. The van der Waals surface area contributed by atoms with Gasteiger partial charge in [-0.05, 0) is 36.9 Å². The predicted octanol–water partition coefficient (Wildman–Crippen LogP) is 3.69. The van der Waals surface area contributed by atoms with Crippen molar-refractivity contribution in [2.24, 2.45) is 0 Å². The molecule has 0 unspecified atom stereocenters. The fourth-order valence-corrected chi connectivity index (χ4v) is 3.36. The van der Waals surface area contributed by atoms with Gasteiger partial charge in [-0.1, -0.05) is 19.1 Å². The number of piperazine rings is 1. The number of hydrogen-bond acceptors (Lipinski definition) is 5.